The molecule has 1 amide bonds. The third-order valence-corrected chi connectivity index (χ3v) is 6.13. The summed E-state index contributed by atoms with van der Waals surface area (Å²) in [4.78, 5) is 17.8. The number of ether oxygens (including phenoxy) is 3. The molecule has 1 aromatic heterocycles. The Kier molecular flexibility index (Phi) is 7.08. The maximum atomic E-state index is 12.8. The van der Waals surface area contributed by atoms with Gasteiger partial charge in [-0.05, 0) is 41.6 Å². The van der Waals surface area contributed by atoms with Gasteiger partial charge in [-0.3, -0.25) is 4.79 Å². The third kappa shape index (κ3) is 4.39. The summed E-state index contributed by atoms with van der Waals surface area (Å²) in [6.07, 6.45) is 0. The number of halogens is 1. The van der Waals surface area contributed by atoms with Gasteiger partial charge in [-0.1, -0.05) is 23.5 Å². The summed E-state index contributed by atoms with van der Waals surface area (Å²) < 4.78 is 20.2. The molecular formula is C20H21IN2O4S. The second-order valence-electron chi connectivity index (χ2n) is 5.80. The molecule has 0 fully saturated rings. The second kappa shape index (κ2) is 9.53. The van der Waals surface area contributed by atoms with Crippen LogP contribution in [0.4, 0.5) is 0 Å². The van der Waals surface area contributed by atoms with Gasteiger partial charge in [0, 0.05) is 28.9 Å². The van der Waals surface area contributed by atoms with Crippen LogP contribution in [0.25, 0.3) is 10.2 Å². The van der Waals surface area contributed by atoms with Crippen LogP contribution in [0.5, 0.6) is 11.5 Å². The van der Waals surface area contributed by atoms with Gasteiger partial charge in [0.05, 0.1) is 36.6 Å². The Bertz CT molecular complexity index is 1060. The summed E-state index contributed by atoms with van der Waals surface area (Å²) in [6.45, 7) is 3.70. The number of aromatic nitrogens is 1. The largest absolute Gasteiger partial charge is 0.493 e. The molecule has 1 heterocycles. The van der Waals surface area contributed by atoms with Gasteiger partial charge in [0.25, 0.3) is 5.91 Å². The van der Waals surface area contributed by atoms with E-state index >= 15 is 0 Å². The van der Waals surface area contributed by atoms with Crippen LogP contribution in [0.1, 0.15) is 17.3 Å². The van der Waals surface area contributed by atoms with E-state index in [4.69, 9.17) is 14.2 Å². The first kappa shape index (κ1) is 20.8. The highest BCUT2D eigenvalue weighted by atomic mass is 127. The van der Waals surface area contributed by atoms with Crippen molar-refractivity contribution in [1.29, 1.82) is 0 Å². The summed E-state index contributed by atoms with van der Waals surface area (Å²) >= 11 is 3.59. The van der Waals surface area contributed by atoms with Gasteiger partial charge in [0.2, 0.25) is 0 Å². The molecule has 0 saturated carbocycles. The van der Waals surface area contributed by atoms with Crippen LogP contribution in [0.3, 0.4) is 0 Å². The number of hydrogen-bond donors (Lipinski definition) is 0. The van der Waals surface area contributed by atoms with Gasteiger partial charge in [-0.15, -0.1) is 0 Å². The molecule has 148 valence electrons. The number of nitrogens with zero attached hydrogens (tertiary/aromatic N) is 2. The van der Waals surface area contributed by atoms with Gasteiger partial charge in [-0.25, -0.2) is 0 Å². The zero-order chi connectivity index (χ0) is 20.1. The maximum absolute atomic E-state index is 12.8. The Morgan fingerprint density at radius 2 is 1.89 bits per heavy atom. The molecule has 0 aliphatic carbocycles. The molecule has 0 aliphatic rings. The van der Waals surface area contributed by atoms with Crippen molar-refractivity contribution in [2.75, 3.05) is 27.4 Å². The van der Waals surface area contributed by atoms with Gasteiger partial charge in [0.15, 0.2) is 16.3 Å². The van der Waals surface area contributed by atoms with Crippen molar-refractivity contribution in [2.45, 2.75) is 13.5 Å². The minimum Gasteiger partial charge on any atom is -0.493 e. The number of amides is 1. The van der Waals surface area contributed by atoms with E-state index in [1.807, 2.05) is 41.8 Å². The molecule has 8 heteroatoms. The highest BCUT2D eigenvalue weighted by Gasteiger charge is 2.14. The lowest BCUT2D eigenvalue weighted by molar-refractivity contribution is 0.0996. The minimum absolute atomic E-state index is 0.263. The fourth-order valence-electron chi connectivity index (χ4n) is 2.78. The van der Waals surface area contributed by atoms with E-state index < -0.39 is 0 Å². The Balaban J connectivity index is 2.15. The summed E-state index contributed by atoms with van der Waals surface area (Å²) in [5.41, 5.74) is 1.52. The van der Waals surface area contributed by atoms with Crippen molar-refractivity contribution in [3.8, 4) is 11.5 Å². The zero-order valence-electron chi connectivity index (χ0n) is 15.9. The molecule has 0 aliphatic heterocycles. The van der Waals surface area contributed by atoms with Crippen molar-refractivity contribution in [2.24, 2.45) is 4.99 Å². The van der Waals surface area contributed by atoms with E-state index in [1.165, 1.54) is 11.3 Å². The second-order valence-corrected chi connectivity index (χ2v) is 7.98. The van der Waals surface area contributed by atoms with Crippen molar-refractivity contribution in [1.82, 2.24) is 4.57 Å². The lowest BCUT2D eigenvalue weighted by atomic mass is 10.2. The topological polar surface area (TPSA) is 62.1 Å². The predicted molar refractivity (Wildman–Crippen MR) is 118 cm³/mol. The number of hydrogen-bond acceptors (Lipinski definition) is 5. The number of benzene rings is 2. The Morgan fingerprint density at radius 3 is 2.57 bits per heavy atom. The molecule has 6 nitrogen and oxygen atoms in total. The highest BCUT2D eigenvalue weighted by molar-refractivity contribution is 14.1. The number of fused-ring (bicyclic) bond motifs is 1. The van der Waals surface area contributed by atoms with Crippen molar-refractivity contribution in [3.05, 3.63) is 50.3 Å². The smallest absolute Gasteiger partial charge is 0.280 e. The Morgan fingerprint density at radius 1 is 1.18 bits per heavy atom. The average Bonchev–Trinajstić information content (AvgIpc) is 3.03. The average molecular weight is 512 g/mol. The maximum Gasteiger partial charge on any atom is 0.280 e. The van der Waals surface area contributed by atoms with Crippen molar-refractivity contribution >= 4 is 50.1 Å². The van der Waals surface area contributed by atoms with Crippen LogP contribution >= 0.6 is 33.9 Å². The minimum atomic E-state index is -0.263. The molecule has 0 bridgehead atoms. The summed E-state index contributed by atoms with van der Waals surface area (Å²) in [5, 5.41) is 0. The Hall–Kier alpha value is -1.91. The fraction of sp³-hybridized carbons (Fsp3) is 0.300. The van der Waals surface area contributed by atoms with E-state index in [1.54, 1.807) is 20.3 Å². The van der Waals surface area contributed by atoms with Gasteiger partial charge >= 0.3 is 0 Å². The van der Waals surface area contributed by atoms with E-state index in [0.29, 0.717) is 41.6 Å². The normalized spacial score (nSPS) is 11.8. The number of carbonyl (C=O) groups excluding carboxylic acids is 1. The summed E-state index contributed by atoms with van der Waals surface area (Å²) in [7, 11) is 3.21. The lowest BCUT2D eigenvalue weighted by Gasteiger charge is -2.09. The summed E-state index contributed by atoms with van der Waals surface area (Å²) in [6, 6.07) is 11.2. The first-order valence-corrected chi connectivity index (χ1v) is 10.6. The van der Waals surface area contributed by atoms with Crippen LogP contribution in [0.2, 0.25) is 0 Å². The molecule has 0 atom stereocenters. The first-order valence-electron chi connectivity index (χ1n) is 8.75. The molecule has 0 N–H and O–H groups in total. The molecule has 0 saturated heterocycles. The SMILES string of the molecule is CCOCCn1c(=NC(=O)c2ccccc2I)sc2cc(OC)c(OC)cc21. The highest BCUT2D eigenvalue weighted by Crippen LogP contribution is 2.33. The van der Waals surface area contributed by atoms with Crippen LogP contribution < -0.4 is 14.3 Å². The molecular weight excluding hydrogens is 491 g/mol. The number of thiazole rings is 1. The van der Waals surface area contributed by atoms with Gasteiger partial charge < -0.3 is 18.8 Å². The molecule has 28 heavy (non-hydrogen) atoms. The van der Waals surface area contributed by atoms with E-state index in [0.717, 1.165) is 13.8 Å². The molecule has 3 aromatic rings. The predicted octanol–water partition coefficient (Wildman–Crippen LogP) is 4.10. The third-order valence-electron chi connectivity index (χ3n) is 4.15. The molecule has 0 unspecified atom stereocenters. The quantitative estimate of drug-likeness (QED) is 0.354. The lowest BCUT2D eigenvalue weighted by Crippen LogP contribution is -2.20. The van der Waals surface area contributed by atoms with Crippen LogP contribution in [0, 0.1) is 3.57 Å². The molecule has 0 spiro atoms. The van der Waals surface area contributed by atoms with Gasteiger partial charge in [-0.2, -0.15) is 4.99 Å². The standard InChI is InChI=1S/C20H21IN2O4S/c1-4-27-10-9-23-15-11-16(25-2)17(26-3)12-18(15)28-20(23)22-19(24)13-7-5-6-8-14(13)21/h5-8,11-12H,4,9-10H2,1-3H3. The Labute approximate surface area is 180 Å². The van der Waals surface area contributed by atoms with Crippen molar-refractivity contribution in [3.63, 3.8) is 0 Å². The van der Waals surface area contributed by atoms with Crippen molar-refractivity contribution < 1.29 is 19.0 Å². The first-order chi connectivity index (χ1) is 13.6. The number of methoxy groups -OCH3 is 2. The number of carbonyl (C=O) groups is 1. The van der Waals surface area contributed by atoms with E-state index in [9.17, 15) is 4.79 Å². The van der Waals surface area contributed by atoms with E-state index in [2.05, 4.69) is 27.6 Å². The van der Waals surface area contributed by atoms with Gasteiger partial charge in [0.1, 0.15) is 0 Å². The van der Waals surface area contributed by atoms with Crippen LogP contribution in [-0.4, -0.2) is 37.9 Å². The van der Waals surface area contributed by atoms with Crippen LogP contribution in [-0.2, 0) is 11.3 Å². The van der Waals surface area contributed by atoms with Crippen LogP contribution in [0.15, 0.2) is 41.4 Å². The summed E-state index contributed by atoms with van der Waals surface area (Å²) in [5.74, 6) is 1.01. The molecule has 0 radical (unpaired) electrons. The fourth-order valence-corrected chi connectivity index (χ4v) is 4.46. The molecule has 2 aromatic carbocycles. The zero-order valence-corrected chi connectivity index (χ0v) is 18.9. The number of rotatable bonds is 7. The molecule has 3 rings (SSSR count). The monoisotopic (exact) mass is 512 g/mol. The van der Waals surface area contributed by atoms with E-state index in [-0.39, 0.29) is 5.91 Å².